The van der Waals surface area contributed by atoms with E-state index in [1.807, 2.05) is 49.4 Å². The van der Waals surface area contributed by atoms with E-state index in [-0.39, 0.29) is 5.56 Å². The summed E-state index contributed by atoms with van der Waals surface area (Å²) >= 11 is 6.19. The van der Waals surface area contributed by atoms with Crippen LogP contribution in [0, 0.1) is 0 Å². The first-order chi connectivity index (χ1) is 9.72. The lowest BCUT2D eigenvalue weighted by molar-refractivity contribution is 0.756. The van der Waals surface area contributed by atoms with E-state index in [1.165, 1.54) is 0 Å². The van der Waals surface area contributed by atoms with Crippen molar-refractivity contribution in [1.82, 2.24) is 9.55 Å². The molecule has 0 saturated carbocycles. The first-order valence-electron chi connectivity index (χ1n) is 6.47. The highest BCUT2D eigenvalue weighted by Crippen LogP contribution is 2.25. The number of nitrogens with zero attached hydrogens (tertiary/aromatic N) is 2. The van der Waals surface area contributed by atoms with Gasteiger partial charge < -0.3 is 4.57 Å². The van der Waals surface area contributed by atoms with Crippen molar-refractivity contribution in [2.45, 2.75) is 13.5 Å². The first-order valence-corrected chi connectivity index (χ1v) is 6.84. The number of benzene rings is 2. The predicted octanol–water partition coefficient (Wildman–Crippen LogP) is 3.74. The zero-order valence-corrected chi connectivity index (χ0v) is 11.8. The van der Waals surface area contributed by atoms with Gasteiger partial charge in [0.2, 0.25) is 0 Å². The number of fused-ring (bicyclic) bond motifs is 1. The summed E-state index contributed by atoms with van der Waals surface area (Å²) in [5.74, 6) is 0. The SMILES string of the molecule is CCn1c(=O)c(-c2ccccc2Cl)nc2ccccc21. The topological polar surface area (TPSA) is 34.9 Å². The van der Waals surface area contributed by atoms with Gasteiger partial charge in [0, 0.05) is 12.1 Å². The van der Waals surface area contributed by atoms with E-state index in [0.717, 1.165) is 11.0 Å². The molecule has 0 fully saturated rings. The number of hydrogen-bond donors (Lipinski definition) is 0. The minimum Gasteiger partial charge on any atom is -0.305 e. The minimum atomic E-state index is -0.112. The van der Waals surface area contributed by atoms with Gasteiger partial charge in [0.1, 0.15) is 5.69 Å². The molecular formula is C16H13ClN2O. The van der Waals surface area contributed by atoms with Crippen LogP contribution in [-0.2, 0) is 6.54 Å². The number of rotatable bonds is 2. The third kappa shape index (κ3) is 2.00. The van der Waals surface area contributed by atoms with Gasteiger partial charge in [-0.2, -0.15) is 0 Å². The van der Waals surface area contributed by atoms with Gasteiger partial charge >= 0.3 is 0 Å². The summed E-state index contributed by atoms with van der Waals surface area (Å²) in [5.41, 5.74) is 2.60. The Bertz CT molecular complexity index is 839. The molecule has 3 rings (SSSR count). The van der Waals surface area contributed by atoms with Crippen molar-refractivity contribution in [2.75, 3.05) is 0 Å². The van der Waals surface area contributed by atoms with Gasteiger partial charge in [0.05, 0.1) is 16.1 Å². The molecular weight excluding hydrogens is 272 g/mol. The normalized spacial score (nSPS) is 10.9. The van der Waals surface area contributed by atoms with Gasteiger partial charge in [-0.15, -0.1) is 0 Å². The maximum absolute atomic E-state index is 12.6. The molecule has 20 heavy (non-hydrogen) atoms. The summed E-state index contributed by atoms with van der Waals surface area (Å²) in [7, 11) is 0. The smallest absolute Gasteiger partial charge is 0.277 e. The van der Waals surface area contributed by atoms with E-state index in [0.29, 0.717) is 22.8 Å². The van der Waals surface area contributed by atoms with Crippen molar-refractivity contribution in [3.8, 4) is 11.3 Å². The maximum Gasteiger partial charge on any atom is 0.277 e. The van der Waals surface area contributed by atoms with Crippen LogP contribution >= 0.6 is 11.6 Å². The lowest BCUT2D eigenvalue weighted by atomic mass is 10.1. The summed E-state index contributed by atoms with van der Waals surface area (Å²) in [6, 6.07) is 14.9. The van der Waals surface area contributed by atoms with Gasteiger partial charge in [0.15, 0.2) is 0 Å². The highest BCUT2D eigenvalue weighted by molar-refractivity contribution is 6.33. The number of aryl methyl sites for hydroxylation is 1. The Hall–Kier alpha value is -2.13. The second-order valence-corrected chi connectivity index (χ2v) is 4.89. The fraction of sp³-hybridized carbons (Fsp3) is 0.125. The molecule has 0 saturated heterocycles. The summed E-state index contributed by atoms with van der Waals surface area (Å²) < 4.78 is 1.72. The third-order valence-corrected chi connectivity index (χ3v) is 3.63. The van der Waals surface area contributed by atoms with Crippen molar-refractivity contribution in [2.24, 2.45) is 0 Å². The summed E-state index contributed by atoms with van der Waals surface area (Å²) in [6.07, 6.45) is 0. The van der Waals surface area contributed by atoms with E-state index in [1.54, 1.807) is 10.6 Å². The van der Waals surface area contributed by atoms with E-state index in [9.17, 15) is 4.79 Å². The molecule has 0 atom stereocenters. The number of halogens is 1. The van der Waals surface area contributed by atoms with Gasteiger partial charge in [0.25, 0.3) is 5.56 Å². The standard InChI is InChI=1S/C16H13ClN2O/c1-2-19-14-10-6-5-9-13(14)18-15(16(19)20)11-7-3-4-8-12(11)17/h3-10H,2H2,1H3. The molecule has 4 heteroatoms. The lowest BCUT2D eigenvalue weighted by Crippen LogP contribution is -2.23. The van der Waals surface area contributed by atoms with Gasteiger partial charge in [-0.1, -0.05) is 41.9 Å². The third-order valence-electron chi connectivity index (χ3n) is 3.30. The first kappa shape index (κ1) is 12.9. The molecule has 0 radical (unpaired) electrons. The van der Waals surface area contributed by atoms with Gasteiger partial charge in [-0.25, -0.2) is 4.98 Å². The highest BCUT2D eigenvalue weighted by atomic mass is 35.5. The fourth-order valence-electron chi connectivity index (χ4n) is 2.34. The second-order valence-electron chi connectivity index (χ2n) is 4.48. The highest BCUT2D eigenvalue weighted by Gasteiger charge is 2.13. The molecule has 1 heterocycles. The summed E-state index contributed by atoms with van der Waals surface area (Å²) in [5, 5.41) is 0.537. The van der Waals surface area contributed by atoms with Gasteiger partial charge in [-0.3, -0.25) is 4.79 Å². The number of aromatic nitrogens is 2. The molecule has 0 N–H and O–H groups in total. The average molecular weight is 285 g/mol. The molecule has 0 aliphatic heterocycles. The molecule has 0 amide bonds. The Labute approximate surface area is 121 Å². The number of para-hydroxylation sites is 2. The van der Waals surface area contributed by atoms with Gasteiger partial charge in [-0.05, 0) is 25.1 Å². The van der Waals surface area contributed by atoms with Crippen molar-refractivity contribution < 1.29 is 0 Å². The quantitative estimate of drug-likeness (QED) is 0.718. The van der Waals surface area contributed by atoms with Crippen LogP contribution in [0.3, 0.4) is 0 Å². The molecule has 0 spiro atoms. The Balaban J connectivity index is 2.41. The van der Waals surface area contributed by atoms with Crippen LogP contribution in [0.15, 0.2) is 53.3 Å². The Morgan fingerprint density at radius 1 is 1.10 bits per heavy atom. The largest absolute Gasteiger partial charge is 0.305 e. The molecule has 0 aliphatic rings. The zero-order valence-electron chi connectivity index (χ0n) is 11.0. The Morgan fingerprint density at radius 2 is 1.80 bits per heavy atom. The minimum absolute atomic E-state index is 0.112. The van der Waals surface area contributed by atoms with Crippen LogP contribution in [0.2, 0.25) is 5.02 Å². The van der Waals surface area contributed by atoms with E-state index in [2.05, 4.69) is 4.98 Å². The fourth-order valence-corrected chi connectivity index (χ4v) is 2.56. The maximum atomic E-state index is 12.6. The summed E-state index contributed by atoms with van der Waals surface area (Å²) in [6.45, 7) is 2.55. The summed E-state index contributed by atoms with van der Waals surface area (Å²) in [4.78, 5) is 17.1. The van der Waals surface area contributed by atoms with Crippen LogP contribution in [0.4, 0.5) is 0 Å². The van der Waals surface area contributed by atoms with Crippen LogP contribution < -0.4 is 5.56 Å². The Morgan fingerprint density at radius 3 is 2.55 bits per heavy atom. The molecule has 2 aromatic carbocycles. The molecule has 1 aromatic heterocycles. The van der Waals surface area contributed by atoms with E-state index in [4.69, 9.17) is 11.6 Å². The van der Waals surface area contributed by atoms with Crippen LogP contribution in [0.1, 0.15) is 6.92 Å². The molecule has 0 aliphatic carbocycles. The van der Waals surface area contributed by atoms with Crippen molar-refractivity contribution in [3.63, 3.8) is 0 Å². The van der Waals surface area contributed by atoms with Crippen LogP contribution in [0.25, 0.3) is 22.3 Å². The predicted molar refractivity (Wildman–Crippen MR) is 82.1 cm³/mol. The monoisotopic (exact) mass is 284 g/mol. The lowest BCUT2D eigenvalue weighted by Gasteiger charge is -2.11. The molecule has 3 aromatic rings. The van der Waals surface area contributed by atoms with Crippen LogP contribution in [-0.4, -0.2) is 9.55 Å². The van der Waals surface area contributed by atoms with E-state index < -0.39 is 0 Å². The number of hydrogen-bond acceptors (Lipinski definition) is 2. The molecule has 100 valence electrons. The van der Waals surface area contributed by atoms with Crippen molar-refractivity contribution in [1.29, 1.82) is 0 Å². The van der Waals surface area contributed by atoms with Crippen molar-refractivity contribution in [3.05, 3.63) is 63.9 Å². The zero-order chi connectivity index (χ0) is 14.1. The van der Waals surface area contributed by atoms with E-state index >= 15 is 0 Å². The molecule has 3 nitrogen and oxygen atoms in total. The average Bonchev–Trinajstić information content (AvgIpc) is 2.47. The van der Waals surface area contributed by atoms with Crippen molar-refractivity contribution >= 4 is 22.6 Å². The Kier molecular flexibility index (Phi) is 3.28. The second kappa shape index (κ2) is 5.10. The van der Waals surface area contributed by atoms with Crippen LogP contribution in [0.5, 0.6) is 0 Å². The molecule has 0 unspecified atom stereocenters. The molecule has 0 bridgehead atoms.